The van der Waals surface area contributed by atoms with Crippen LogP contribution in [0.15, 0.2) is 12.7 Å². The minimum Gasteiger partial charge on any atom is -0.469 e. The molecule has 0 heterocycles. The lowest BCUT2D eigenvalue weighted by Crippen LogP contribution is -2.71. The first kappa shape index (κ1) is 29.8. The van der Waals surface area contributed by atoms with Crippen molar-refractivity contribution in [3.05, 3.63) is 12.7 Å². The van der Waals surface area contributed by atoms with Gasteiger partial charge in [0.25, 0.3) is 0 Å². The average Bonchev–Trinajstić information content (AvgIpc) is 2.65. The van der Waals surface area contributed by atoms with Crippen molar-refractivity contribution in [3.8, 4) is 0 Å². The Morgan fingerprint density at radius 1 is 0.812 bits per heavy atom. The second-order valence-corrected chi connectivity index (χ2v) is 6.06. The predicted molar refractivity (Wildman–Crippen MR) is 76.7 cm³/mol. The van der Waals surface area contributed by atoms with Crippen LogP contribution in [-0.2, 0) is 19.1 Å². The van der Waals surface area contributed by atoms with Gasteiger partial charge in [0.2, 0.25) is 0 Å². The van der Waals surface area contributed by atoms with Gasteiger partial charge in [0.05, 0.1) is 13.0 Å². The van der Waals surface area contributed by atoms with Gasteiger partial charge in [-0.3, -0.25) is 4.79 Å². The van der Waals surface area contributed by atoms with Gasteiger partial charge in [0.1, 0.15) is 6.61 Å². The van der Waals surface area contributed by atoms with Gasteiger partial charge >= 0.3 is 47.7 Å². The van der Waals surface area contributed by atoms with Crippen LogP contribution in [0, 0.1) is 5.92 Å². The van der Waals surface area contributed by atoms with Gasteiger partial charge in [0, 0.05) is 12.5 Å². The van der Waals surface area contributed by atoms with Gasteiger partial charge in [-0.1, -0.05) is 6.58 Å². The van der Waals surface area contributed by atoms with E-state index in [1.165, 1.54) is 0 Å². The van der Waals surface area contributed by atoms with Crippen LogP contribution in [0.2, 0.25) is 0 Å². The Balaban J connectivity index is 6.41. The summed E-state index contributed by atoms with van der Waals surface area (Å²) in [5.41, 5.74) is 0. The third-order valence-corrected chi connectivity index (χ3v) is 3.99. The zero-order valence-corrected chi connectivity index (χ0v) is 15.5. The van der Waals surface area contributed by atoms with Crippen LogP contribution in [-0.4, -0.2) is 61.4 Å². The van der Waals surface area contributed by atoms with Gasteiger partial charge in [0.15, 0.2) is 0 Å². The van der Waals surface area contributed by atoms with Crippen molar-refractivity contribution in [3.63, 3.8) is 0 Å². The topological polar surface area (TPSA) is 52.6 Å². The molecule has 0 amide bonds. The van der Waals surface area contributed by atoms with Crippen molar-refractivity contribution in [2.45, 2.75) is 48.6 Å². The molecule has 0 saturated carbocycles. The summed E-state index contributed by atoms with van der Waals surface area (Å²) in [7, 11) is 0.662. The molecule has 0 aliphatic heterocycles. The molecule has 0 saturated heterocycles. The van der Waals surface area contributed by atoms with E-state index in [4.69, 9.17) is 0 Å². The second kappa shape index (κ2) is 9.33. The molecular formula is C15H13F13O4. The minimum atomic E-state index is -8.06. The quantitative estimate of drug-likeness (QED) is 0.225. The number of halogens is 13. The second-order valence-electron chi connectivity index (χ2n) is 6.06. The van der Waals surface area contributed by atoms with Crippen LogP contribution in [0.5, 0.6) is 0 Å². The maximum Gasteiger partial charge on any atom is 0.460 e. The van der Waals surface area contributed by atoms with Crippen molar-refractivity contribution in [1.82, 2.24) is 0 Å². The number of hydrogen-bond donors (Lipinski definition) is 0. The molecule has 0 rings (SSSR count). The van der Waals surface area contributed by atoms with Crippen LogP contribution in [0.3, 0.4) is 0 Å². The highest BCUT2D eigenvalue weighted by molar-refractivity contribution is 5.81. The van der Waals surface area contributed by atoms with Gasteiger partial charge in [-0.25, -0.2) is 4.79 Å². The molecule has 0 aromatic carbocycles. The first-order chi connectivity index (χ1) is 14.1. The summed E-state index contributed by atoms with van der Waals surface area (Å²) >= 11 is 0. The molecule has 1 atom stereocenters. The Bertz CT molecular complexity index is 700. The molecule has 0 aromatic rings. The Kier molecular flexibility index (Phi) is 8.68. The Labute approximate surface area is 170 Å². The summed E-state index contributed by atoms with van der Waals surface area (Å²) in [4.78, 5) is 21.9. The van der Waals surface area contributed by atoms with Gasteiger partial charge < -0.3 is 9.47 Å². The number of alkyl halides is 13. The fraction of sp³-hybridized carbons (Fsp3) is 0.733. The van der Waals surface area contributed by atoms with Crippen molar-refractivity contribution in [2.75, 3.05) is 13.7 Å². The highest BCUT2D eigenvalue weighted by atomic mass is 19.4. The maximum absolute atomic E-state index is 14.2. The lowest BCUT2D eigenvalue weighted by atomic mass is 9.85. The highest BCUT2D eigenvalue weighted by Crippen LogP contribution is 2.61. The average molecular weight is 504 g/mol. The lowest BCUT2D eigenvalue weighted by Gasteiger charge is -2.41. The zero-order chi connectivity index (χ0) is 26.0. The van der Waals surface area contributed by atoms with E-state index in [0.717, 1.165) is 0 Å². The number of methoxy groups -OCH3 is 1. The molecule has 4 nitrogen and oxygen atoms in total. The summed E-state index contributed by atoms with van der Waals surface area (Å²) in [6, 6.07) is 0. The van der Waals surface area contributed by atoms with Crippen LogP contribution < -0.4 is 0 Å². The maximum atomic E-state index is 14.2. The molecule has 17 heteroatoms. The number of carbonyl (C=O) groups excluding carboxylic acids is 2. The molecule has 0 aromatic heterocycles. The summed E-state index contributed by atoms with van der Waals surface area (Å²) in [6.45, 7) is 0.795. The van der Waals surface area contributed by atoms with E-state index in [1.807, 2.05) is 0 Å². The van der Waals surface area contributed by atoms with Gasteiger partial charge in [-0.15, -0.1) is 0 Å². The van der Waals surface area contributed by atoms with E-state index in [-0.39, 0.29) is 6.08 Å². The fourth-order valence-corrected chi connectivity index (χ4v) is 2.04. The summed E-state index contributed by atoms with van der Waals surface area (Å²) in [5, 5.41) is 0. The molecule has 0 aliphatic rings. The van der Waals surface area contributed by atoms with E-state index in [0.29, 0.717) is 7.11 Å². The fourth-order valence-electron chi connectivity index (χ4n) is 2.04. The Hall–Kier alpha value is -2.23. The normalized spacial score (nSPS) is 15.2. The van der Waals surface area contributed by atoms with Crippen LogP contribution in [0.25, 0.3) is 0 Å². The monoisotopic (exact) mass is 504 g/mol. The largest absolute Gasteiger partial charge is 0.469 e. The smallest absolute Gasteiger partial charge is 0.460 e. The van der Waals surface area contributed by atoms with Gasteiger partial charge in [-0.05, 0) is 6.42 Å². The standard InChI is InChI=1S/C15H13F13O4/c1-3-8(29)32-6-7(4-5-9(30)31-2)10(16,17)11(18,19)12(20,21)13(22,23)14(24,25)15(26,27)28/h3,7H,1,4-6H2,2H3. The Morgan fingerprint density at radius 3 is 1.62 bits per heavy atom. The number of esters is 2. The van der Waals surface area contributed by atoms with Gasteiger partial charge in [-0.2, -0.15) is 57.1 Å². The summed E-state index contributed by atoms with van der Waals surface area (Å²) in [6.07, 6.45) is -10.2. The number of hydrogen-bond acceptors (Lipinski definition) is 4. The molecular weight excluding hydrogens is 491 g/mol. The van der Waals surface area contributed by atoms with Crippen molar-refractivity contribution in [1.29, 1.82) is 0 Å². The lowest BCUT2D eigenvalue weighted by molar-refractivity contribution is -0.443. The van der Waals surface area contributed by atoms with E-state index in [2.05, 4.69) is 16.1 Å². The van der Waals surface area contributed by atoms with Crippen molar-refractivity contribution in [2.24, 2.45) is 5.92 Å². The van der Waals surface area contributed by atoms with Crippen LogP contribution >= 0.6 is 0 Å². The summed E-state index contributed by atoms with van der Waals surface area (Å²) in [5.74, 6) is -44.5. The van der Waals surface area contributed by atoms with Crippen molar-refractivity contribution < 1.29 is 76.1 Å². The third kappa shape index (κ3) is 5.05. The number of carbonyl (C=O) groups is 2. The van der Waals surface area contributed by atoms with Crippen LogP contribution in [0.4, 0.5) is 57.1 Å². The van der Waals surface area contributed by atoms with E-state index in [9.17, 15) is 66.7 Å². The van der Waals surface area contributed by atoms with Crippen LogP contribution in [0.1, 0.15) is 12.8 Å². The summed E-state index contributed by atoms with van der Waals surface area (Å²) < 4.78 is 180. The zero-order valence-electron chi connectivity index (χ0n) is 15.5. The molecule has 0 fully saturated rings. The SMILES string of the molecule is C=CC(=O)OCC(CCC(=O)OC)C(F)(F)C(F)(F)C(F)(F)C(F)(F)C(F)(F)C(F)(F)F. The molecule has 32 heavy (non-hydrogen) atoms. The molecule has 0 N–H and O–H groups in total. The third-order valence-electron chi connectivity index (χ3n) is 3.99. The predicted octanol–water partition coefficient (Wildman–Crippen LogP) is 5.02. The first-order valence-corrected chi connectivity index (χ1v) is 7.88. The molecule has 188 valence electrons. The number of rotatable bonds is 11. The highest BCUT2D eigenvalue weighted by Gasteiger charge is 2.91. The van der Waals surface area contributed by atoms with E-state index >= 15 is 0 Å². The molecule has 1 unspecified atom stereocenters. The molecule has 0 spiro atoms. The number of ether oxygens (including phenoxy) is 2. The minimum absolute atomic E-state index is 0.264. The van der Waals surface area contributed by atoms with E-state index in [1.54, 1.807) is 0 Å². The molecule has 0 aliphatic carbocycles. The first-order valence-electron chi connectivity index (χ1n) is 7.88. The molecule has 0 bridgehead atoms. The van der Waals surface area contributed by atoms with E-state index < -0.39 is 73.1 Å². The molecule has 0 radical (unpaired) electrons. The van der Waals surface area contributed by atoms with Crippen molar-refractivity contribution >= 4 is 11.9 Å². The Morgan fingerprint density at radius 2 is 1.25 bits per heavy atom.